The molecule has 0 spiro atoms. The second kappa shape index (κ2) is 6.58. The van der Waals surface area contributed by atoms with Crippen LogP contribution >= 0.6 is 0 Å². The minimum atomic E-state index is 0.0418. The van der Waals surface area contributed by atoms with E-state index < -0.39 is 0 Å². The normalized spacial score (nSPS) is 19.4. The lowest BCUT2D eigenvalue weighted by Crippen LogP contribution is -2.34. The molecular formula is C13H21N3O3. The first-order chi connectivity index (χ1) is 9.15. The molecule has 1 atom stereocenters. The van der Waals surface area contributed by atoms with Crippen molar-refractivity contribution in [3.63, 3.8) is 0 Å². The SMILES string of the molecule is CC(C)Oc1nc(NCC2COCCO2)ccc1N. The Hall–Kier alpha value is -1.53. The molecule has 1 aliphatic rings. The molecular weight excluding hydrogens is 246 g/mol. The summed E-state index contributed by atoms with van der Waals surface area (Å²) in [6.45, 7) is 6.45. The van der Waals surface area contributed by atoms with Gasteiger partial charge in [-0.25, -0.2) is 0 Å². The molecule has 1 aromatic heterocycles. The zero-order chi connectivity index (χ0) is 13.7. The van der Waals surface area contributed by atoms with Crippen molar-refractivity contribution in [2.75, 3.05) is 37.4 Å². The number of rotatable bonds is 5. The highest BCUT2D eigenvalue weighted by Gasteiger charge is 2.14. The number of hydrogen-bond donors (Lipinski definition) is 2. The van der Waals surface area contributed by atoms with E-state index in [9.17, 15) is 0 Å². The van der Waals surface area contributed by atoms with Gasteiger partial charge in [-0.05, 0) is 26.0 Å². The van der Waals surface area contributed by atoms with E-state index in [1.807, 2.05) is 19.9 Å². The number of ether oxygens (including phenoxy) is 3. The van der Waals surface area contributed by atoms with E-state index in [1.54, 1.807) is 6.07 Å². The predicted molar refractivity (Wildman–Crippen MR) is 73.5 cm³/mol. The van der Waals surface area contributed by atoms with Crippen molar-refractivity contribution in [3.8, 4) is 5.88 Å². The third kappa shape index (κ3) is 4.25. The van der Waals surface area contributed by atoms with Crippen LogP contribution in [0.25, 0.3) is 0 Å². The number of hydrogen-bond acceptors (Lipinski definition) is 6. The lowest BCUT2D eigenvalue weighted by Gasteiger charge is -2.23. The average Bonchev–Trinajstić information content (AvgIpc) is 2.40. The largest absolute Gasteiger partial charge is 0.473 e. The van der Waals surface area contributed by atoms with Gasteiger partial charge in [0.15, 0.2) is 0 Å². The van der Waals surface area contributed by atoms with Gasteiger partial charge in [0.25, 0.3) is 0 Å². The fourth-order valence-electron chi connectivity index (χ4n) is 1.74. The second-order valence-electron chi connectivity index (χ2n) is 4.71. The molecule has 6 nitrogen and oxygen atoms in total. The van der Waals surface area contributed by atoms with E-state index in [0.29, 0.717) is 37.9 Å². The third-order valence-electron chi connectivity index (χ3n) is 2.63. The second-order valence-corrected chi connectivity index (χ2v) is 4.71. The molecule has 1 aliphatic heterocycles. The van der Waals surface area contributed by atoms with Crippen LogP contribution < -0.4 is 15.8 Å². The van der Waals surface area contributed by atoms with Crippen LogP contribution in [0.1, 0.15) is 13.8 Å². The summed E-state index contributed by atoms with van der Waals surface area (Å²) in [4.78, 5) is 4.34. The van der Waals surface area contributed by atoms with Crippen LogP contribution in [0, 0.1) is 0 Å². The van der Waals surface area contributed by atoms with Crippen LogP contribution in [0.4, 0.5) is 11.5 Å². The molecule has 2 rings (SSSR count). The maximum Gasteiger partial charge on any atom is 0.239 e. The number of nitrogens with zero attached hydrogens (tertiary/aromatic N) is 1. The molecule has 0 amide bonds. The van der Waals surface area contributed by atoms with Crippen molar-refractivity contribution in [1.29, 1.82) is 0 Å². The van der Waals surface area contributed by atoms with E-state index in [2.05, 4.69) is 10.3 Å². The van der Waals surface area contributed by atoms with Crippen LogP contribution in [-0.2, 0) is 9.47 Å². The van der Waals surface area contributed by atoms with Crippen molar-refractivity contribution in [2.45, 2.75) is 26.1 Å². The molecule has 106 valence electrons. The summed E-state index contributed by atoms with van der Waals surface area (Å²) in [7, 11) is 0. The first kappa shape index (κ1) is 13.9. The first-order valence-corrected chi connectivity index (χ1v) is 6.51. The summed E-state index contributed by atoms with van der Waals surface area (Å²) in [5.74, 6) is 1.18. The zero-order valence-corrected chi connectivity index (χ0v) is 11.4. The zero-order valence-electron chi connectivity index (χ0n) is 11.4. The molecule has 1 saturated heterocycles. The van der Waals surface area contributed by atoms with Gasteiger partial charge < -0.3 is 25.3 Å². The van der Waals surface area contributed by atoms with Gasteiger partial charge in [-0.1, -0.05) is 0 Å². The molecule has 0 bridgehead atoms. The molecule has 0 radical (unpaired) electrons. The van der Waals surface area contributed by atoms with Crippen molar-refractivity contribution >= 4 is 11.5 Å². The summed E-state index contributed by atoms with van der Waals surface area (Å²) in [5.41, 5.74) is 6.36. The number of nitrogens with two attached hydrogens (primary N) is 1. The fraction of sp³-hybridized carbons (Fsp3) is 0.615. The quantitative estimate of drug-likeness (QED) is 0.836. The summed E-state index contributed by atoms with van der Waals surface area (Å²) in [6, 6.07) is 3.61. The van der Waals surface area contributed by atoms with E-state index in [1.165, 1.54) is 0 Å². The number of aromatic nitrogens is 1. The molecule has 6 heteroatoms. The lowest BCUT2D eigenvalue weighted by molar-refractivity contribution is -0.0819. The summed E-state index contributed by atoms with van der Waals surface area (Å²) >= 11 is 0. The van der Waals surface area contributed by atoms with Gasteiger partial charge in [-0.15, -0.1) is 0 Å². The number of nitrogen functional groups attached to an aromatic ring is 1. The first-order valence-electron chi connectivity index (χ1n) is 6.51. The van der Waals surface area contributed by atoms with Gasteiger partial charge in [0.2, 0.25) is 5.88 Å². The summed E-state index contributed by atoms with van der Waals surface area (Å²) in [5, 5.41) is 3.20. The van der Waals surface area contributed by atoms with Crippen LogP contribution in [0.2, 0.25) is 0 Å². The van der Waals surface area contributed by atoms with E-state index in [-0.39, 0.29) is 12.2 Å². The molecule has 1 aromatic rings. The van der Waals surface area contributed by atoms with Crippen molar-refractivity contribution < 1.29 is 14.2 Å². The Labute approximate surface area is 113 Å². The molecule has 1 unspecified atom stereocenters. The summed E-state index contributed by atoms with van der Waals surface area (Å²) in [6.07, 6.45) is 0.0997. The Morgan fingerprint density at radius 3 is 3.00 bits per heavy atom. The smallest absolute Gasteiger partial charge is 0.239 e. The summed E-state index contributed by atoms with van der Waals surface area (Å²) < 4.78 is 16.4. The number of nitrogens with one attached hydrogen (secondary N) is 1. The van der Waals surface area contributed by atoms with Gasteiger partial charge >= 0.3 is 0 Å². The lowest BCUT2D eigenvalue weighted by atomic mass is 10.3. The Bertz CT molecular complexity index is 406. The predicted octanol–water partition coefficient (Wildman–Crippen LogP) is 1.28. The van der Waals surface area contributed by atoms with E-state index >= 15 is 0 Å². The topological polar surface area (TPSA) is 78.6 Å². The third-order valence-corrected chi connectivity index (χ3v) is 2.63. The number of anilines is 2. The van der Waals surface area contributed by atoms with Gasteiger partial charge in [0, 0.05) is 6.54 Å². The van der Waals surface area contributed by atoms with Gasteiger partial charge in [0.1, 0.15) is 5.82 Å². The number of pyridine rings is 1. The van der Waals surface area contributed by atoms with Crippen molar-refractivity contribution in [3.05, 3.63) is 12.1 Å². The minimum absolute atomic E-state index is 0.0418. The fourth-order valence-corrected chi connectivity index (χ4v) is 1.74. The Kier molecular flexibility index (Phi) is 4.81. The maximum absolute atomic E-state index is 5.82. The van der Waals surface area contributed by atoms with E-state index in [4.69, 9.17) is 19.9 Å². The molecule has 2 heterocycles. The Morgan fingerprint density at radius 1 is 1.47 bits per heavy atom. The molecule has 0 aromatic carbocycles. The van der Waals surface area contributed by atoms with Crippen molar-refractivity contribution in [2.24, 2.45) is 0 Å². The van der Waals surface area contributed by atoms with Gasteiger partial charge in [-0.2, -0.15) is 4.98 Å². The van der Waals surface area contributed by atoms with E-state index in [0.717, 1.165) is 5.82 Å². The minimum Gasteiger partial charge on any atom is -0.473 e. The Morgan fingerprint density at radius 2 is 2.32 bits per heavy atom. The maximum atomic E-state index is 5.82. The molecule has 1 fully saturated rings. The molecule has 0 aliphatic carbocycles. The van der Waals surface area contributed by atoms with Gasteiger partial charge in [-0.3, -0.25) is 0 Å². The molecule has 0 saturated carbocycles. The molecule has 19 heavy (non-hydrogen) atoms. The van der Waals surface area contributed by atoms with Crippen LogP contribution in [0.5, 0.6) is 5.88 Å². The highest BCUT2D eigenvalue weighted by molar-refractivity contribution is 5.53. The highest BCUT2D eigenvalue weighted by Crippen LogP contribution is 2.22. The highest BCUT2D eigenvalue weighted by atomic mass is 16.6. The standard InChI is InChI=1S/C13H21N3O3/c1-9(2)19-13-11(14)3-4-12(16-13)15-7-10-8-17-5-6-18-10/h3-4,9-10H,5-8,14H2,1-2H3,(H,15,16). The van der Waals surface area contributed by atoms with Crippen LogP contribution in [0.3, 0.4) is 0 Å². The monoisotopic (exact) mass is 267 g/mol. The van der Waals surface area contributed by atoms with Crippen LogP contribution in [0.15, 0.2) is 12.1 Å². The van der Waals surface area contributed by atoms with Gasteiger partial charge in [0.05, 0.1) is 37.7 Å². The molecule has 3 N–H and O–H groups in total. The van der Waals surface area contributed by atoms with Crippen molar-refractivity contribution in [1.82, 2.24) is 4.98 Å². The Balaban J connectivity index is 1.92. The van der Waals surface area contributed by atoms with Crippen LogP contribution in [-0.4, -0.2) is 43.6 Å². The average molecular weight is 267 g/mol.